The van der Waals surface area contributed by atoms with Crippen molar-refractivity contribution in [2.24, 2.45) is 0 Å². The molecule has 0 aliphatic heterocycles. The molecule has 0 aliphatic carbocycles. The van der Waals surface area contributed by atoms with Gasteiger partial charge in [0.1, 0.15) is 5.82 Å². The molecule has 0 atom stereocenters. The van der Waals surface area contributed by atoms with E-state index in [4.69, 9.17) is 4.98 Å². The number of hydrogen-bond donors (Lipinski definition) is 0. The van der Waals surface area contributed by atoms with E-state index in [1.165, 1.54) is 17.7 Å². The molecular formula is C25H33ClFN3OS2. The fourth-order valence-electron chi connectivity index (χ4n) is 3.48. The largest absolute Gasteiger partial charge is 0.302 e. The van der Waals surface area contributed by atoms with Crippen LogP contribution in [-0.4, -0.2) is 47.7 Å². The molecule has 8 heteroatoms. The van der Waals surface area contributed by atoms with E-state index in [9.17, 15) is 9.18 Å². The number of anilines is 1. The van der Waals surface area contributed by atoms with Gasteiger partial charge in [0.05, 0.1) is 10.2 Å². The van der Waals surface area contributed by atoms with E-state index in [0.29, 0.717) is 13.0 Å². The van der Waals surface area contributed by atoms with Gasteiger partial charge in [-0.05, 0) is 73.6 Å². The zero-order valence-electron chi connectivity index (χ0n) is 19.6. The van der Waals surface area contributed by atoms with Crippen molar-refractivity contribution in [3.05, 3.63) is 53.8 Å². The summed E-state index contributed by atoms with van der Waals surface area (Å²) in [5.41, 5.74) is 2.24. The molecule has 0 fully saturated rings. The van der Waals surface area contributed by atoms with Gasteiger partial charge < -0.3 is 4.90 Å². The minimum atomic E-state index is -0.227. The Morgan fingerprint density at radius 1 is 1.06 bits per heavy atom. The fraction of sp³-hybridized carbons (Fsp3) is 0.440. The quantitative estimate of drug-likeness (QED) is 0.202. The van der Waals surface area contributed by atoms with Crippen LogP contribution < -0.4 is 4.90 Å². The van der Waals surface area contributed by atoms with Crippen molar-refractivity contribution in [2.75, 3.05) is 36.8 Å². The number of thioether (sulfide) groups is 1. The lowest BCUT2D eigenvalue weighted by Crippen LogP contribution is -2.38. The number of hydrogen-bond acceptors (Lipinski definition) is 5. The van der Waals surface area contributed by atoms with Crippen LogP contribution >= 0.6 is 35.5 Å². The maximum Gasteiger partial charge on any atom is 0.228 e. The van der Waals surface area contributed by atoms with Crippen LogP contribution in [0.15, 0.2) is 47.4 Å². The van der Waals surface area contributed by atoms with E-state index in [2.05, 4.69) is 43.9 Å². The molecule has 0 saturated carbocycles. The second kappa shape index (κ2) is 13.9. The van der Waals surface area contributed by atoms with Crippen LogP contribution in [0.5, 0.6) is 0 Å². The van der Waals surface area contributed by atoms with Crippen LogP contribution in [-0.2, 0) is 11.2 Å². The Balaban J connectivity index is 0.00000385. The third kappa shape index (κ3) is 7.95. The lowest BCUT2D eigenvalue weighted by atomic mass is 10.2. The predicted molar refractivity (Wildman–Crippen MR) is 143 cm³/mol. The lowest BCUT2D eigenvalue weighted by Gasteiger charge is -2.24. The number of benzene rings is 2. The summed E-state index contributed by atoms with van der Waals surface area (Å²) in [7, 11) is 0. The number of fused-ring (bicyclic) bond motifs is 1. The Labute approximate surface area is 211 Å². The van der Waals surface area contributed by atoms with Crippen molar-refractivity contribution in [1.29, 1.82) is 0 Å². The van der Waals surface area contributed by atoms with Gasteiger partial charge in [0.2, 0.25) is 5.91 Å². The van der Waals surface area contributed by atoms with Gasteiger partial charge in [-0.1, -0.05) is 38.2 Å². The van der Waals surface area contributed by atoms with E-state index < -0.39 is 0 Å². The van der Waals surface area contributed by atoms with Crippen molar-refractivity contribution in [2.45, 2.75) is 44.9 Å². The molecule has 3 aromatic rings. The highest BCUT2D eigenvalue weighted by Crippen LogP contribution is 2.30. The molecule has 1 amide bonds. The maximum absolute atomic E-state index is 13.2. The van der Waals surface area contributed by atoms with Gasteiger partial charge in [0.15, 0.2) is 5.13 Å². The number of carbonyl (C=O) groups excluding carboxylic acids is 1. The SMILES string of the molecule is CCc1ccc2nc(N(CCN(CC)CC)C(=O)CCCSc3ccc(F)cc3)sc2c1.Cl. The molecule has 33 heavy (non-hydrogen) atoms. The average Bonchev–Trinajstić information content (AvgIpc) is 3.23. The minimum absolute atomic E-state index is 0. The molecular weight excluding hydrogens is 477 g/mol. The molecule has 0 aliphatic rings. The first-order valence-corrected chi connectivity index (χ1v) is 13.1. The summed E-state index contributed by atoms with van der Waals surface area (Å²) in [4.78, 5) is 23.2. The van der Waals surface area contributed by atoms with Crippen LogP contribution in [0.25, 0.3) is 10.2 Å². The van der Waals surface area contributed by atoms with Crippen LogP contribution in [0.1, 0.15) is 39.2 Å². The van der Waals surface area contributed by atoms with E-state index >= 15 is 0 Å². The van der Waals surface area contributed by atoms with Gasteiger partial charge in [-0.3, -0.25) is 9.69 Å². The van der Waals surface area contributed by atoms with Crippen molar-refractivity contribution in [3.63, 3.8) is 0 Å². The van der Waals surface area contributed by atoms with E-state index in [0.717, 1.165) is 58.5 Å². The van der Waals surface area contributed by atoms with Crippen molar-refractivity contribution in [3.8, 4) is 0 Å². The van der Waals surface area contributed by atoms with Crippen LogP contribution in [0.2, 0.25) is 0 Å². The Morgan fingerprint density at radius 3 is 2.45 bits per heavy atom. The van der Waals surface area contributed by atoms with Crippen LogP contribution in [0.4, 0.5) is 9.52 Å². The van der Waals surface area contributed by atoms with Gasteiger partial charge in [-0.15, -0.1) is 24.2 Å². The van der Waals surface area contributed by atoms with Crippen molar-refractivity contribution < 1.29 is 9.18 Å². The van der Waals surface area contributed by atoms with Crippen LogP contribution in [0.3, 0.4) is 0 Å². The zero-order valence-corrected chi connectivity index (χ0v) is 22.0. The molecule has 3 rings (SSSR count). The highest BCUT2D eigenvalue weighted by molar-refractivity contribution is 7.99. The number of halogens is 2. The number of carbonyl (C=O) groups is 1. The minimum Gasteiger partial charge on any atom is -0.302 e. The summed E-state index contributed by atoms with van der Waals surface area (Å²) in [5, 5.41) is 0.789. The summed E-state index contributed by atoms with van der Waals surface area (Å²) in [6, 6.07) is 12.9. The molecule has 2 aromatic carbocycles. The Kier molecular flexibility index (Phi) is 11.6. The molecule has 0 radical (unpaired) electrons. The van der Waals surface area contributed by atoms with Crippen molar-refractivity contribution >= 4 is 56.8 Å². The monoisotopic (exact) mass is 509 g/mol. The normalized spacial score (nSPS) is 11.1. The smallest absolute Gasteiger partial charge is 0.228 e. The fourth-order valence-corrected chi connectivity index (χ4v) is 5.41. The molecule has 4 nitrogen and oxygen atoms in total. The molecule has 0 unspecified atom stereocenters. The second-order valence-electron chi connectivity index (χ2n) is 7.63. The summed E-state index contributed by atoms with van der Waals surface area (Å²) in [6.07, 6.45) is 2.23. The first kappa shape index (κ1) is 27.6. The average molecular weight is 510 g/mol. The maximum atomic E-state index is 13.2. The van der Waals surface area contributed by atoms with Crippen LogP contribution in [0, 0.1) is 5.82 Å². The standard InChI is InChI=1S/C25H32FN3OS2.ClH/c1-4-19-9-14-22-23(18-19)32-25(27-22)29(16-15-28(5-2)6-3)24(30)8-7-17-31-21-12-10-20(26)11-13-21;/h9-14,18H,4-8,15-17H2,1-3H3;1H. The highest BCUT2D eigenvalue weighted by Gasteiger charge is 2.20. The first-order valence-electron chi connectivity index (χ1n) is 11.3. The Morgan fingerprint density at radius 2 is 1.79 bits per heavy atom. The Bertz CT molecular complexity index is 1010. The molecule has 1 aromatic heterocycles. The zero-order chi connectivity index (χ0) is 22.9. The lowest BCUT2D eigenvalue weighted by molar-refractivity contribution is -0.118. The molecule has 0 N–H and O–H groups in total. The molecule has 180 valence electrons. The van der Waals surface area contributed by atoms with E-state index in [1.54, 1.807) is 35.2 Å². The topological polar surface area (TPSA) is 36.4 Å². The van der Waals surface area contributed by atoms with Gasteiger partial charge in [-0.25, -0.2) is 9.37 Å². The van der Waals surface area contributed by atoms with Crippen molar-refractivity contribution in [1.82, 2.24) is 9.88 Å². The number of thiazole rings is 1. The summed E-state index contributed by atoms with van der Waals surface area (Å²) >= 11 is 3.26. The third-order valence-electron chi connectivity index (χ3n) is 5.53. The summed E-state index contributed by atoms with van der Waals surface area (Å²) in [5.74, 6) is 0.711. The van der Waals surface area contributed by atoms with Gasteiger partial charge in [0, 0.05) is 24.4 Å². The second-order valence-corrected chi connectivity index (χ2v) is 9.81. The number of rotatable bonds is 12. The number of likely N-dealkylation sites (N-methyl/N-ethyl adjacent to an activating group) is 1. The predicted octanol–water partition coefficient (Wildman–Crippen LogP) is 6.67. The first-order chi connectivity index (χ1) is 15.5. The summed E-state index contributed by atoms with van der Waals surface area (Å²) in [6.45, 7) is 9.84. The van der Waals surface area contributed by atoms with Gasteiger partial charge in [-0.2, -0.15) is 0 Å². The van der Waals surface area contributed by atoms with Gasteiger partial charge in [0.25, 0.3) is 0 Å². The number of aromatic nitrogens is 1. The highest BCUT2D eigenvalue weighted by atomic mass is 35.5. The third-order valence-corrected chi connectivity index (χ3v) is 7.67. The molecule has 1 heterocycles. The molecule has 0 bridgehead atoms. The van der Waals surface area contributed by atoms with Gasteiger partial charge >= 0.3 is 0 Å². The number of aryl methyl sites for hydroxylation is 1. The number of nitrogens with zero attached hydrogens (tertiary/aromatic N) is 3. The summed E-state index contributed by atoms with van der Waals surface area (Å²) < 4.78 is 14.2. The van der Waals surface area contributed by atoms with E-state index in [1.807, 2.05) is 4.90 Å². The number of amides is 1. The molecule has 0 saturated heterocycles. The Hall–Kier alpha value is -1.67. The van der Waals surface area contributed by atoms with E-state index in [-0.39, 0.29) is 24.1 Å². The molecule has 0 spiro atoms.